The lowest BCUT2D eigenvalue weighted by Crippen LogP contribution is -2.23. The molecule has 4 aromatic rings. The molecule has 0 fully saturated rings. The van der Waals surface area contributed by atoms with Crippen molar-refractivity contribution in [3.05, 3.63) is 102 Å². The number of nitrogens with one attached hydrogen (secondary N) is 1. The molecular formula is C26H22FN3O3. The largest absolute Gasteiger partial charge is 0.455 e. The zero-order valence-electron chi connectivity index (χ0n) is 18.0. The van der Waals surface area contributed by atoms with E-state index in [-0.39, 0.29) is 12.0 Å². The predicted octanol–water partition coefficient (Wildman–Crippen LogP) is 4.71. The number of carbonyl (C=O) groups excluding carboxylic acids is 2. The van der Waals surface area contributed by atoms with E-state index < -0.39 is 24.3 Å². The number of para-hydroxylation sites is 1. The van der Waals surface area contributed by atoms with Gasteiger partial charge in [-0.2, -0.15) is 5.10 Å². The van der Waals surface area contributed by atoms with Crippen molar-refractivity contribution in [3.8, 4) is 16.9 Å². The quantitative estimate of drug-likeness (QED) is 0.420. The Balaban J connectivity index is 1.48. The molecule has 0 radical (unpaired) electrons. The highest BCUT2D eigenvalue weighted by molar-refractivity contribution is 5.93. The molecule has 0 saturated carbocycles. The number of amides is 1. The number of benzene rings is 3. The number of carbonyl (C=O) groups is 2. The first-order valence-electron chi connectivity index (χ1n) is 10.4. The first kappa shape index (κ1) is 22.0. The molecule has 6 nitrogen and oxygen atoms in total. The average Bonchev–Trinajstić information content (AvgIpc) is 3.24. The normalized spacial score (nSPS) is 10.6. The minimum absolute atomic E-state index is 0.216. The predicted molar refractivity (Wildman–Crippen MR) is 123 cm³/mol. The number of halogens is 1. The molecule has 0 saturated heterocycles. The van der Waals surface area contributed by atoms with Gasteiger partial charge < -0.3 is 10.1 Å². The number of ether oxygens (including phenoxy) is 1. The summed E-state index contributed by atoms with van der Waals surface area (Å²) in [6.07, 6.45) is -0.251. The number of hydrogen-bond donors (Lipinski definition) is 1. The average molecular weight is 443 g/mol. The van der Waals surface area contributed by atoms with E-state index in [1.165, 1.54) is 12.1 Å². The summed E-state index contributed by atoms with van der Waals surface area (Å²) in [4.78, 5) is 24.5. The first-order chi connectivity index (χ1) is 16.0. The Labute approximate surface area is 190 Å². The van der Waals surface area contributed by atoms with Gasteiger partial charge >= 0.3 is 5.97 Å². The SMILES string of the molecule is Cc1ccc(-c2cc(NC(=O)COC(=O)Cc3ccccc3F)n(-c3ccccc3)n2)cc1. The van der Waals surface area contributed by atoms with E-state index in [2.05, 4.69) is 10.4 Å². The smallest absolute Gasteiger partial charge is 0.310 e. The Bertz CT molecular complexity index is 1270. The van der Waals surface area contributed by atoms with Crippen LogP contribution in [0.25, 0.3) is 16.9 Å². The summed E-state index contributed by atoms with van der Waals surface area (Å²) in [6, 6.07) is 25.0. The fourth-order valence-corrected chi connectivity index (χ4v) is 3.27. The van der Waals surface area contributed by atoms with Gasteiger partial charge in [0.2, 0.25) is 0 Å². The van der Waals surface area contributed by atoms with Crippen molar-refractivity contribution in [3.63, 3.8) is 0 Å². The van der Waals surface area contributed by atoms with Crippen LogP contribution in [-0.4, -0.2) is 28.3 Å². The Morgan fingerprint density at radius 1 is 0.970 bits per heavy atom. The fraction of sp³-hybridized carbons (Fsp3) is 0.115. The molecule has 1 amide bonds. The van der Waals surface area contributed by atoms with Crippen molar-refractivity contribution < 1.29 is 18.7 Å². The third-order valence-electron chi connectivity index (χ3n) is 4.98. The maximum Gasteiger partial charge on any atom is 0.310 e. The summed E-state index contributed by atoms with van der Waals surface area (Å²) in [6.45, 7) is 1.51. The van der Waals surface area contributed by atoms with E-state index in [0.717, 1.165) is 16.8 Å². The molecule has 0 aliphatic carbocycles. The lowest BCUT2D eigenvalue weighted by Gasteiger charge is -2.09. The van der Waals surface area contributed by atoms with Gasteiger partial charge in [-0.1, -0.05) is 66.2 Å². The molecule has 0 spiro atoms. The third-order valence-corrected chi connectivity index (χ3v) is 4.98. The minimum Gasteiger partial charge on any atom is -0.455 e. The van der Waals surface area contributed by atoms with Gasteiger partial charge in [0.1, 0.15) is 11.6 Å². The van der Waals surface area contributed by atoms with Gasteiger partial charge in [0.15, 0.2) is 6.61 Å². The lowest BCUT2D eigenvalue weighted by molar-refractivity contribution is -0.146. The van der Waals surface area contributed by atoms with Crippen molar-refractivity contribution in [2.24, 2.45) is 0 Å². The molecular weight excluding hydrogens is 421 g/mol. The van der Waals surface area contributed by atoms with E-state index >= 15 is 0 Å². The second-order valence-electron chi connectivity index (χ2n) is 7.51. The van der Waals surface area contributed by atoms with Gasteiger partial charge in [0, 0.05) is 11.6 Å². The van der Waals surface area contributed by atoms with Gasteiger partial charge in [-0.3, -0.25) is 9.59 Å². The number of aryl methyl sites for hydroxylation is 1. The molecule has 0 unspecified atom stereocenters. The topological polar surface area (TPSA) is 73.2 Å². The molecule has 33 heavy (non-hydrogen) atoms. The minimum atomic E-state index is -0.688. The third kappa shape index (κ3) is 5.51. The second kappa shape index (κ2) is 9.91. The van der Waals surface area contributed by atoms with Crippen LogP contribution in [-0.2, 0) is 20.7 Å². The maximum atomic E-state index is 13.7. The standard InChI is InChI=1S/C26H22FN3O3/c1-18-11-13-19(14-12-18)23-16-24(30(29-23)21-8-3-2-4-9-21)28-25(31)17-33-26(32)15-20-7-5-6-10-22(20)27/h2-14,16H,15,17H2,1H3,(H,28,31). The summed E-state index contributed by atoms with van der Waals surface area (Å²) < 4.78 is 20.4. The van der Waals surface area contributed by atoms with E-state index in [4.69, 9.17) is 4.74 Å². The number of anilines is 1. The Kier molecular flexibility index (Phi) is 6.59. The summed E-state index contributed by atoms with van der Waals surface area (Å²) in [5.41, 5.74) is 3.70. The van der Waals surface area contributed by atoms with Crippen LogP contribution in [0.15, 0.2) is 84.9 Å². The molecule has 1 heterocycles. The Morgan fingerprint density at radius 2 is 1.67 bits per heavy atom. The van der Waals surface area contributed by atoms with Gasteiger partial charge in [-0.15, -0.1) is 0 Å². The van der Waals surface area contributed by atoms with Crippen LogP contribution in [0.1, 0.15) is 11.1 Å². The summed E-state index contributed by atoms with van der Waals surface area (Å²) in [5.74, 6) is -1.27. The lowest BCUT2D eigenvalue weighted by atomic mass is 10.1. The summed E-state index contributed by atoms with van der Waals surface area (Å²) in [7, 11) is 0. The number of rotatable bonds is 7. The number of hydrogen-bond acceptors (Lipinski definition) is 4. The van der Waals surface area contributed by atoms with Crippen LogP contribution in [0.5, 0.6) is 0 Å². The number of esters is 1. The molecule has 1 aromatic heterocycles. The van der Waals surface area contributed by atoms with Crippen LogP contribution in [0.3, 0.4) is 0 Å². The molecule has 166 valence electrons. The molecule has 4 rings (SSSR count). The Hall–Kier alpha value is -4.26. The molecule has 7 heteroatoms. The van der Waals surface area contributed by atoms with Gasteiger partial charge in [0.25, 0.3) is 5.91 Å². The van der Waals surface area contributed by atoms with E-state index in [9.17, 15) is 14.0 Å². The zero-order valence-corrected chi connectivity index (χ0v) is 18.0. The molecule has 0 aliphatic rings. The monoisotopic (exact) mass is 443 g/mol. The molecule has 0 bridgehead atoms. The highest BCUT2D eigenvalue weighted by atomic mass is 19.1. The number of nitrogens with zero attached hydrogens (tertiary/aromatic N) is 2. The van der Waals surface area contributed by atoms with E-state index in [1.54, 1.807) is 22.9 Å². The van der Waals surface area contributed by atoms with E-state index in [0.29, 0.717) is 11.5 Å². The molecule has 3 aromatic carbocycles. The van der Waals surface area contributed by atoms with Gasteiger partial charge in [-0.25, -0.2) is 9.07 Å². The van der Waals surface area contributed by atoms with Crippen molar-refractivity contribution in [1.82, 2.24) is 9.78 Å². The fourth-order valence-electron chi connectivity index (χ4n) is 3.27. The van der Waals surface area contributed by atoms with Gasteiger partial charge in [0.05, 0.1) is 17.8 Å². The second-order valence-corrected chi connectivity index (χ2v) is 7.51. The van der Waals surface area contributed by atoms with Gasteiger partial charge in [-0.05, 0) is 30.7 Å². The van der Waals surface area contributed by atoms with Crippen LogP contribution in [0.4, 0.5) is 10.2 Å². The first-order valence-corrected chi connectivity index (χ1v) is 10.4. The van der Waals surface area contributed by atoms with E-state index in [1.807, 2.05) is 61.5 Å². The molecule has 0 aliphatic heterocycles. The zero-order chi connectivity index (χ0) is 23.2. The van der Waals surface area contributed by atoms with Crippen molar-refractivity contribution in [2.45, 2.75) is 13.3 Å². The molecule has 1 N–H and O–H groups in total. The number of aromatic nitrogens is 2. The van der Waals surface area contributed by atoms with Crippen LogP contribution in [0.2, 0.25) is 0 Å². The summed E-state index contributed by atoms with van der Waals surface area (Å²) in [5, 5.41) is 7.40. The highest BCUT2D eigenvalue weighted by Gasteiger charge is 2.16. The van der Waals surface area contributed by atoms with Crippen LogP contribution in [0, 0.1) is 12.7 Å². The van der Waals surface area contributed by atoms with Crippen molar-refractivity contribution in [1.29, 1.82) is 0 Å². The maximum absolute atomic E-state index is 13.7. The van der Waals surface area contributed by atoms with Crippen molar-refractivity contribution >= 4 is 17.7 Å². The van der Waals surface area contributed by atoms with Crippen LogP contribution < -0.4 is 5.32 Å². The summed E-state index contributed by atoms with van der Waals surface area (Å²) >= 11 is 0. The Morgan fingerprint density at radius 3 is 2.39 bits per heavy atom. The molecule has 0 atom stereocenters. The van der Waals surface area contributed by atoms with Crippen LogP contribution >= 0.6 is 0 Å². The highest BCUT2D eigenvalue weighted by Crippen LogP contribution is 2.25. The van der Waals surface area contributed by atoms with Crippen molar-refractivity contribution in [2.75, 3.05) is 11.9 Å².